The summed E-state index contributed by atoms with van der Waals surface area (Å²) in [5.74, 6) is 0.350. The summed E-state index contributed by atoms with van der Waals surface area (Å²) < 4.78 is 12.7. The maximum atomic E-state index is 13.0. The fourth-order valence-corrected chi connectivity index (χ4v) is 4.00. The van der Waals surface area contributed by atoms with Crippen molar-refractivity contribution in [2.45, 2.75) is 25.9 Å². The van der Waals surface area contributed by atoms with Crippen molar-refractivity contribution in [2.75, 3.05) is 46.5 Å². The molecule has 2 atom stereocenters. The van der Waals surface area contributed by atoms with Gasteiger partial charge in [-0.3, -0.25) is 19.3 Å². The standard InChI is InChI=1S/C25H32N4O5/c1-17-12-22(17)27-23(30)19-14-21(24(31)26-2)25(32)29(16-19)15-18-4-3-5-20(13-18)34-11-8-28-6-9-33-10-7-28/h3-5,13-14,16-17,22H,6-12,15H2,1-2H3,(H,26,31)(H,27,30)/t17-,22-/m0/s1. The van der Waals surface area contributed by atoms with Crippen molar-refractivity contribution in [3.05, 3.63) is 63.6 Å². The molecule has 0 spiro atoms. The first kappa shape index (κ1) is 24.0. The Morgan fingerprint density at radius 1 is 1.18 bits per heavy atom. The number of ether oxygens (including phenoxy) is 2. The van der Waals surface area contributed by atoms with Crippen LogP contribution in [0.5, 0.6) is 5.75 Å². The highest BCUT2D eigenvalue weighted by Crippen LogP contribution is 2.29. The van der Waals surface area contributed by atoms with Crippen LogP contribution in [0.15, 0.2) is 41.3 Å². The summed E-state index contributed by atoms with van der Waals surface area (Å²) in [4.78, 5) is 40.3. The van der Waals surface area contributed by atoms with Crippen LogP contribution in [-0.2, 0) is 11.3 Å². The first-order valence-corrected chi connectivity index (χ1v) is 11.7. The lowest BCUT2D eigenvalue weighted by Gasteiger charge is -2.26. The van der Waals surface area contributed by atoms with Crippen LogP contribution < -0.4 is 20.9 Å². The number of aromatic nitrogens is 1. The van der Waals surface area contributed by atoms with Crippen molar-refractivity contribution in [1.82, 2.24) is 20.1 Å². The molecule has 0 bridgehead atoms. The third-order valence-electron chi connectivity index (χ3n) is 6.28. The molecule has 2 amide bonds. The minimum Gasteiger partial charge on any atom is -0.492 e. The largest absolute Gasteiger partial charge is 0.492 e. The number of amides is 2. The molecule has 9 heteroatoms. The van der Waals surface area contributed by atoms with E-state index in [2.05, 4.69) is 22.5 Å². The van der Waals surface area contributed by atoms with Gasteiger partial charge in [0.25, 0.3) is 17.4 Å². The van der Waals surface area contributed by atoms with Gasteiger partial charge in [0.05, 0.1) is 25.3 Å². The molecule has 2 heterocycles. The van der Waals surface area contributed by atoms with Gasteiger partial charge in [0.15, 0.2) is 0 Å². The van der Waals surface area contributed by atoms with E-state index in [1.807, 2.05) is 24.3 Å². The van der Waals surface area contributed by atoms with E-state index in [0.29, 0.717) is 18.3 Å². The molecule has 2 N–H and O–H groups in total. The third kappa shape index (κ3) is 6.03. The van der Waals surface area contributed by atoms with Gasteiger partial charge >= 0.3 is 0 Å². The van der Waals surface area contributed by atoms with Crippen LogP contribution in [0.4, 0.5) is 0 Å². The molecule has 1 saturated heterocycles. The molecule has 1 aliphatic heterocycles. The molecule has 1 aromatic carbocycles. The van der Waals surface area contributed by atoms with Crippen LogP contribution in [0.3, 0.4) is 0 Å². The topological polar surface area (TPSA) is 102 Å². The highest BCUT2D eigenvalue weighted by molar-refractivity contribution is 5.99. The van der Waals surface area contributed by atoms with E-state index >= 15 is 0 Å². The first-order chi connectivity index (χ1) is 16.4. The monoisotopic (exact) mass is 468 g/mol. The van der Waals surface area contributed by atoms with Crippen LogP contribution in [-0.4, -0.2) is 73.8 Å². The maximum Gasteiger partial charge on any atom is 0.263 e. The summed E-state index contributed by atoms with van der Waals surface area (Å²) in [7, 11) is 1.46. The fraction of sp³-hybridized carbons (Fsp3) is 0.480. The molecule has 182 valence electrons. The van der Waals surface area contributed by atoms with Crippen molar-refractivity contribution >= 4 is 11.8 Å². The molecule has 0 unspecified atom stereocenters. The van der Waals surface area contributed by atoms with Gasteiger partial charge in [-0.25, -0.2) is 0 Å². The third-order valence-corrected chi connectivity index (χ3v) is 6.28. The maximum absolute atomic E-state index is 13.0. The lowest BCUT2D eigenvalue weighted by molar-refractivity contribution is 0.0322. The van der Waals surface area contributed by atoms with Gasteiger partial charge < -0.3 is 24.7 Å². The quantitative estimate of drug-likeness (QED) is 0.572. The Balaban J connectivity index is 1.48. The molecule has 34 heavy (non-hydrogen) atoms. The zero-order valence-electron chi connectivity index (χ0n) is 19.7. The molecule has 9 nitrogen and oxygen atoms in total. The number of morpholine rings is 1. The summed E-state index contributed by atoms with van der Waals surface area (Å²) >= 11 is 0. The number of hydrogen-bond acceptors (Lipinski definition) is 6. The number of hydrogen-bond donors (Lipinski definition) is 2. The van der Waals surface area contributed by atoms with E-state index in [-0.39, 0.29) is 29.6 Å². The van der Waals surface area contributed by atoms with Gasteiger partial charge in [-0.05, 0) is 36.1 Å². The highest BCUT2D eigenvalue weighted by atomic mass is 16.5. The van der Waals surface area contributed by atoms with Crippen LogP contribution in [0, 0.1) is 5.92 Å². The Bertz CT molecular complexity index is 1090. The number of nitrogens with one attached hydrogen (secondary N) is 2. The molecule has 1 aliphatic carbocycles. The van der Waals surface area contributed by atoms with Gasteiger partial charge in [0.1, 0.15) is 17.9 Å². The van der Waals surface area contributed by atoms with Gasteiger partial charge in [-0.2, -0.15) is 0 Å². The van der Waals surface area contributed by atoms with Crippen LogP contribution >= 0.6 is 0 Å². The van der Waals surface area contributed by atoms with Gasteiger partial charge in [-0.1, -0.05) is 19.1 Å². The lowest BCUT2D eigenvalue weighted by atomic mass is 10.1. The van der Waals surface area contributed by atoms with Gasteiger partial charge in [0.2, 0.25) is 0 Å². The summed E-state index contributed by atoms with van der Waals surface area (Å²) in [5, 5.41) is 5.44. The summed E-state index contributed by atoms with van der Waals surface area (Å²) in [5.41, 5.74) is 0.614. The van der Waals surface area contributed by atoms with Crippen molar-refractivity contribution in [3.63, 3.8) is 0 Å². The normalized spacial score (nSPS) is 19.9. The van der Waals surface area contributed by atoms with E-state index < -0.39 is 11.5 Å². The van der Waals surface area contributed by atoms with Crippen molar-refractivity contribution in [3.8, 4) is 5.75 Å². The van der Waals surface area contributed by atoms with E-state index in [0.717, 1.165) is 44.8 Å². The molecular formula is C25H32N4O5. The minimum atomic E-state index is -0.520. The zero-order chi connectivity index (χ0) is 24.1. The SMILES string of the molecule is CNC(=O)c1cc(C(=O)N[C@H]2C[C@@H]2C)cn(Cc2cccc(OCCN3CCOCC3)c2)c1=O. The predicted molar refractivity (Wildman–Crippen MR) is 127 cm³/mol. The fourth-order valence-electron chi connectivity index (χ4n) is 4.00. The van der Waals surface area contributed by atoms with E-state index in [9.17, 15) is 14.4 Å². The van der Waals surface area contributed by atoms with Gasteiger partial charge in [0, 0.05) is 38.9 Å². The number of nitrogens with zero attached hydrogens (tertiary/aromatic N) is 2. The molecule has 1 aromatic heterocycles. The Hall–Kier alpha value is -3.17. The number of rotatable bonds is 9. The predicted octanol–water partition coefficient (Wildman–Crippen LogP) is 1.11. The van der Waals surface area contributed by atoms with Crippen LogP contribution in [0.25, 0.3) is 0 Å². The Morgan fingerprint density at radius 2 is 1.94 bits per heavy atom. The highest BCUT2D eigenvalue weighted by Gasteiger charge is 2.34. The van der Waals surface area contributed by atoms with Crippen LogP contribution in [0.2, 0.25) is 0 Å². The van der Waals surface area contributed by atoms with E-state index in [1.54, 1.807) is 0 Å². The van der Waals surface area contributed by atoms with Crippen LogP contribution in [0.1, 0.15) is 39.6 Å². The summed E-state index contributed by atoms with van der Waals surface area (Å²) in [6.07, 6.45) is 2.45. The lowest BCUT2D eigenvalue weighted by Crippen LogP contribution is -2.38. The second-order valence-corrected chi connectivity index (χ2v) is 8.90. The average Bonchev–Trinajstić information content (AvgIpc) is 3.54. The Morgan fingerprint density at radius 3 is 2.65 bits per heavy atom. The van der Waals surface area contributed by atoms with Crippen molar-refractivity contribution in [2.24, 2.45) is 5.92 Å². The zero-order valence-corrected chi connectivity index (χ0v) is 19.7. The minimum absolute atomic E-state index is 0.0584. The number of carbonyl (C=O) groups excluding carboxylic acids is 2. The average molecular weight is 469 g/mol. The molecule has 2 aromatic rings. The summed E-state index contributed by atoms with van der Waals surface area (Å²) in [6, 6.07) is 9.02. The molecule has 2 aliphatic rings. The molecule has 1 saturated carbocycles. The number of carbonyl (C=O) groups is 2. The molecule has 2 fully saturated rings. The smallest absolute Gasteiger partial charge is 0.263 e. The second-order valence-electron chi connectivity index (χ2n) is 8.90. The molecule has 0 radical (unpaired) electrons. The van der Waals surface area contributed by atoms with E-state index in [4.69, 9.17) is 9.47 Å². The molecule has 4 rings (SSSR count). The van der Waals surface area contributed by atoms with E-state index in [1.165, 1.54) is 23.9 Å². The van der Waals surface area contributed by atoms with Gasteiger partial charge in [-0.15, -0.1) is 0 Å². The number of pyridine rings is 1. The Labute approximate surface area is 199 Å². The van der Waals surface area contributed by atoms with Crippen molar-refractivity contribution < 1.29 is 19.1 Å². The van der Waals surface area contributed by atoms with Crippen molar-refractivity contribution in [1.29, 1.82) is 0 Å². The first-order valence-electron chi connectivity index (χ1n) is 11.7. The second kappa shape index (κ2) is 10.8. The Kier molecular flexibility index (Phi) is 7.64. The summed E-state index contributed by atoms with van der Waals surface area (Å²) in [6.45, 7) is 6.96. The number of benzene rings is 1. The molecular weight excluding hydrogens is 436 g/mol.